The van der Waals surface area contributed by atoms with Crippen molar-refractivity contribution in [2.45, 2.75) is 46.1 Å². The molecule has 0 spiro atoms. The lowest BCUT2D eigenvalue weighted by atomic mass is 10.1. The molecule has 0 rings (SSSR count). The summed E-state index contributed by atoms with van der Waals surface area (Å²) in [5.74, 6) is 8.64. The van der Waals surface area contributed by atoms with Crippen molar-refractivity contribution in [2.24, 2.45) is 11.8 Å². The zero-order valence-corrected chi connectivity index (χ0v) is 9.99. The smallest absolute Gasteiger partial charge is 0.0301 e. The maximum Gasteiger partial charge on any atom is 0.0301 e. The molecule has 0 aromatic carbocycles. The molecule has 0 radical (unpaired) electrons. The van der Waals surface area contributed by atoms with E-state index in [9.17, 15) is 0 Å². The molecule has 0 heterocycles. The first-order chi connectivity index (χ1) is 6.20. The van der Waals surface area contributed by atoms with Crippen LogP contribution in [0.5, 0.6) is 0 Å². The number of hydrogen-bond acceptors (Lipinski definition) is 3. The minimum atomic E-state index is 0.503. The van der Waals surface area contributed by atoms with E-state index in [1.165, 1.54) is 25.0 Å². The van der Waals surface area contributed by atoms with E-state index >= 15 is 0 Å². The Morgan fingerprint density at radius 3 is 2.46 bits per heavy atom. The fourth-order valence-corrected chi connectivity index (χ4v) is 2.27. The maximum absolute atomic E-state index is 5.47. The number of hydrazine groups is 1. The summed E-state index contributed by atoms with van der Waals surface area (Å²) in [6.07, 6.45) is 3.74. The minimum Gasteiger partial charge on any atom is -0.271 e. The van der Waals surface area contributed by atoms with Gasteiger partial charge in [0.1, 0.15) is 0 Å². The molecular weight excluding hydrogens is 180 g/mol. The first-order valence-corrected chi connectivity index (χ1v) is 6.40. The molecule has 0 amide bonds. The molecule has 0 aliphatic rings. The third-order valence-corrected chi connectivity index (χ3v) is 3.45. The van der Waals surface area contributed by atoms with Crippen LogP contribution < -0.4 is 11.3 Å². The Balaban J connectivity index is 3.36. The Bertz CT molecular complexity index is 107. The van der Waals surface area contributed by atoms with E-state index in [4.69, 9.17) is 5.84 Å². The van der Waals surface area contributed by atoms with Gasteiger partial charge in [0.2, 0.25) is 0 Å². The van der Waals surface area contributed by atoms with Crippen molar-refractivity contribution in [3.05, 3.63) is 0 Å². The van der Waals surface area contributed by atoms with E-state index in [0.717, 1.165) is 11.7 Å². The lowest BCUT2D eigenvalue weighted by molar-refractivity contribution is 0.516. The average Bonchev–Trinajstić information content (AvgIpc) is 2.10. The van der Waals surface area contributed by atoms with Gasteiger partial charge in [0.05, 0.1) is 0 Å². The molecule has 0 aliphatic heterocycles. The van der Waals surface area contributed by atoms with E-state index in [2.05, 4.69) is 26.2 Å². The molecule has 0 aliphatic carbocycles. The van der Waals surface area contributed by atoms with Gasteiger partial charge in [-0.3, -0.25) is 11.3 Å². The Morgan fingerprint density at radius 2 is 2.00 bits per heavy atom. The first-order valence-electron chi connectivity index (χ1n) is 5.24. The molecule has 0 aromatic heterocycles. The van der Waals surface area contributed by atoms with Gasteiger partial charge in [0.25, 0.3) is 0 Å². The molecule has 0 fully saturated rings. The topological polar surface area (TPSA) is 38.0 Å². The quantitative estimate of drug-likeness (QED) is 0.471. The molecule has 0 saturated heterocycles. The van der Waals surface area contributed by atoms with Crippen molar-refractivity contribution in [1.82, 2.24) is 5.43 Å². The van der Waals surface area contributed by atoms with Crippen LogP contribution in [0, 0.1) is 5.92 Å². The summed E-state index contributed by atoms with van der Waals surface area (Å²) in [6, 6.07) is 0.503. The first kappa shape index (κ1) is 13.3. The van der Waals surface area contributed by atoms with Crippen LogP contribution in [0.15, 0.2) is 0 Å². The van der Waals surface area contributed by atoms with Crippen LogP contribution in [0.2, 0.25) is 0 Å². The van der Waals surface area contributed by atoms with Gasteiger partial charge in [0.15, 0.2) is 0 Å². The highest BCUT2D eigenvalue weighted by molar-refractivity contribution is 7.99. The predicted octanol–water partition coefficient (Wildman–Crippen LogP) is 2.40. The highest BCUT2D eigenvalue weighted by atomic mass is 32.2. The number of nitrogens with two attached hydrogens (primary N) is 1. The summed E-state index contributed by atoms with van der Waals surface area (Å²) >= 11 is 2.00. The van der Waals surface area contributed by atoms with Gasteiger partial charge in [-0.15, -0.1) is 0 Å². The third-order valence-electron chi connectivity index (χ3n) is 1.91. The molecule has 0 bridgehead atoms. The number of nitrogens with one attached hydrogen (secondary N) is 1. The van der Waals surface area contributed by atoms with Gasteiger partial charge in [-0.25, -0.2) is 0 Å². The Kier molecular flexibility index (Phi) is 9.03. The van der Waals surface area contributed by atoms with Crippen molar-refractivity contribution in [1.29, 1.82) is 0 Å². The standard InChI is InChI=1S/C10H24N2S/c1-4-5-6-10(12-11)8-13-7-9(2)3/h9-10,12H,4-8,11H2,1-3H3. The molecule has 2 nitrogen and oxygen atoms in total. The normalized spacial score (nSPS) is 13.6. The molecule has 13 heavy (non-hydrogen) atoms. The van der Waals surface area contributed by atoms with E-state index in [1.807, 2.05) is 11.8 Å². The van der Waals surface area contributed by atoms with Gasteiger partial charge < -0.3 is 0 Å². The van der Waals surface area contributed by atoms with Gasteiger partial charge in [-0.1, -0.05) is 33.6 Å². The summed E-state index contributed by atoms with van der Waals surface area (Å²) < 4.78 is 0. The number of thioether (sulfide) groups is 1. The molecule has 1 atom stereocenters. The summed E-state index contributed by atoms with van der Waals surface area (Å²) in [7, 11) is 0. The van der Waals surface area contributed by atoms with Crippen LogP contribution in [0.4, 0.5) is 0 Å². The number of hydrogen-bond donors (Lipinski definition) is 2. The predicted molar refractivity (Wildman–Crippen MR) is 62.8 cm³/mol. The van der Waals surface area contributed by atoms with E-state index < -0.39 is 0 Å². The van der Waals surface area contributed by atoms with E-state index in [-0.39, 0.29) is 0 Å². The third kappa shape index (κ3) is 8.60. The summed E-state index contributed by atoms with van der Waals surface area (Å²) in [6.45, 7) is 6.72. The SMILES string of the molecule is CCCCC(CSCC(C)C)NN. The van der Waals surface area contributed by atoms with Crippen LogP contribution in [0.1, 0.15) is 40.0 Å². The zero-order chi connectivity index (χ0) is 10.1. The number of unbranched alkanes of at least 4 members (excludes halogenated alkanes) is 1. The van der Waals surface area contributed by atoms with Crippen LogP contribution in [0.3, 0.4) is 0 Å². The van der Waals surface area contributed by atoms with Gasteiger partial charge in [-0.2, -0.15) is 11.8 Å². The second kappa shape index (κ2) is 8.85. The second-order valence-electron chi connectivity index (χ2n) is 3.94. The highest BCUT2D eigenvalue weighted by Gasteiger charge is 2.05. The molecule has 3 N–H and O–H groups in total. The molecule has 80 valence electrons. The highest BCUT2D eigenvalue weighted by Crippen LogP contribution is 2.11. The number of rotatable bonds is 8. The molecule has 1 unspecified atom stereocenters. The fraction of sp³-hybridized carbons (Fsp3) is 1.00. The van der Waals surface area contributed by atoms with E-state index in [0.29, 0.717) is 6.04 Å². The monoisotopic (exact) mass is 204 g/mol. The summed E-state index contributed by atoms with van der Waals surface area (Å²) in [4.78, 5) is 0. The minimum absolute atomic E-state index is 0.503. The fourth-order valence-electron chi connectivity index (χ4n) is 1.11. The summed E-state index contributed by atoms with van der Waals surface area (Å²) in [5, 5.41) is 0. The molecule has 3 heteroatoms. The van der Waals surface area contributed by atoms with Gasteiger partial charge in [-0.05, 0) is 18.1 Å². The zero-order valence-electron chi connectivity index (χ0n) is 9.18. The van der Waals surface area contributed by atoms with Crippen LogP contribution in [0.25, 0.3) is 0 Å². The lowest BCUT2D eigenvalue weighted by Gasteiger charge is -2.15. The van der Waals surface area contributed by atoms with Crippen LogP contribution in [-0.4, -0.2) is 17.5 Å². The average molecular weight is 204 g/mol. The van der Waals surface area contributed by atoms with Crippen LogP contribution in [-0.2, 0) is 0 Å². The molecule has 0 saturated carbocycles. The second-order valence-corrected chi connectivity index (χ2v) is 5.01. The Labute approximate surface area is 87.0 Å². The van der Waals surface area contributed by atoms with Crippen molar-refractivity contribution < 1.29 is 0 Å². The van der Waals surface area contributed by atoms with Gasteiger partial charge in [0, 0.05) is 11.8 Å². The van der Waals surface area contributed by atoms with E-state index in [1.54, 1.807) is 0 Å². The van der Waals surface area contributed by atoms with Crippen molar-refractivity contribution in [3.63, 3.8) is 0 Å². The van der Waals surface area contributed by atoms with Crippen LogP contribution >= 0.6 is 11.8 Å². The Hall–Kier alpha value is 0.270. The van der Waals surface area contributed by atoms with Crippen molar-refractivity contribution >= 4 is 11.8 Å². The maximum atomic E-state index is 5.47. The molecular formula is C10H24N2S. The Morgan fingerprint density at radius 1 is 1.31 bits per heavy atom. The van der Waals surface area contributed by atoms with Crippen molar-refractivity contribution in [3.8, 4) is 0 Å². The lowest BCUT2D eigenvalue weighted by Crippen LogP contribution is -2.37. The summed E-state index contributed by atoms with van der Waals surface area (Å²) in [5.41, 5.74) is 2.89. The largest absolute Gasteiger partial charge is 0.271 e. The van der Waals surface area contributed by atoms with Crippen molar-refractivity contribution in [2.75, 3.05) is 11.5 Å². The molecule has 0 aromatic rings. The van der Waals surface area contributed by atoms with Gasteiger partial charge >= 0.3 is 0 Å².